The summed E-state index contributed by atoms with van der Waals surface area (Å²) in [6.45, 7) is 2.59. The summed E-state index contributed by atoms with van der Waals surface area (Å²) in [6, 6.07) is 7.77. The number of methoxy groups -OCH3 is 1. The Labute approximate surface area is 102 Å². The van der Waals surface area contributed by atoms with Crippen molar-refractivity contribution in [1.29, 1.82) is 0 Å². The highest BCUT2D eigenvalue weighted by Gasteiger charge is 2.14. The molecule has 0 spiro atoms. The highest BCUT2D eigenvalue weighted by molar-refractivity contribution is 5.67. The van der Waals surface area contributed by atoms with Crippen LogP contribution in [0.3, 0.4) is 0 Å². The minimum absolute atomic E-state index is 0.00240. The molecule has 1 unspecified atom stereocenters. The first-order valence-corrected chi connectivity index (χ1v) is 5.58. The van der Waals surface area contributed by atoms with Gasteiger partial charge < -0.3 is 9.84 Å². The van der Waals surface area contributed by atoms with E-state index < -0.39 is 5.97 Å². The molecular formula is C13H19NO3. The number of carbonyl (C=O) groups is 1. The molecule has 0 bridgehead atoms. The Morgan fingerprint density at radius 3 is 2.71 bits per heavy atom. The number of nitrogens with zero attached hydrogens (tertiary/aromatic N) is 1. The number of carboxylic acids is 1. The fourth-order valence-corrected chi connectivity index (χ4v) is 1.67. The largest absolute Gasteiger partial charge is 0.496 e. The molecule has 0 saturated heterocycles. The lowest BCUT2D eigenvalue weighted by Gasteiger charge is -2.24. The van der Waals surface area contributed by atoms with Crippen molar-refractivity contribution in [3.63, 3.8) is 0 Å². The fourth-order valence-electron chi connectivity index (χ4n) is 1.67. The van der Waals surface area contributed by atoms with Crippen molar-refractivity contribution in [2.24, 2.45) is 0 Å². The molecule has 0 amide bonds. The van der Waals surface area contributed by atoms with Gasteiger partial charge in [0.25, 0.3) is 0 Å². The molecule has 0 aliphatic heterocycles. The maximum atomic E-state index is 10.6. The quantitative estimate of drug-likeness (QED) is 0.822. The third-order valence-electron chi connectivity index (χ3n) is 2.83. The second kappa shape index (κ2) is 6.25. The smallest absolute Gasteiger partial charge is 0.304 e. The molecule has 1 N–H and O–H groups in total. The summed E-state index contributed by atoms with van der Waals surface area (Å²) in [7, 11) is 3.56. The molecule has 0 radical (unpaired) electrons. The van der Waals surface area contributed by atoms with Crippen LogP contribution < -0.4 is 4.74 Å². The fraction of sp³-hybridized carbons (Fsp3) is 0.462. The summed E-state index contributed by atoms with van der Waals surface area (Å²) < 4.78 is 5.26. The number of benzene rings is 1. The van der Waals surface area contributed by atoms with Gasteiger partial charge in [0.15, 0.2) is 0 Å². The Morgan fingerprint density at radius 2 is 2.12 bits per heavy atom. The van der Waals surface area contributed by atoms with Crippen molar-refractivity contribution in [3.8, 4) is 5.75 Å². The number of carboxylic acid groups (broad SMARTS) is 1. The van der Waals surface area contributed by atoms with Crippen LogP contribution in [0.25, 0.3) is 0 Å². The van der Waals surface area contributed by atoms with E-state index >= 15 is 0 Å². The van der Waals surface area contributed by atoms with Crippen LogP contribution in [0.2, 0.25) is 0 Å². The van der Waals surface area contributed by atoms with Crippen LogP contribution in [-0.4, -0.2) is 36.2 Å². The standard InChI is InChI=1S/C13H19NO3/c1-10(8-13(15)16)14(2)9-11-6-4-5-7-12(11)17-3/h4-7,10H,8-9H2,1-3H3,(H,15,16). The number of hydrogen-bond donors (Lipinski definition) is 1. The van der Waals surface area contributed by atoms with Crippen LogP contribution in [0.1, 0.15) is 18.9 Å². The minimum atomic E-state index is -0.774. The van der Waals surface area contributed by atoms with Gasteiger partial charge in [0, 0.05) is 18.2 Å². The second-order valence-electron chi connectivity index (χ2n) is 4.17. The van der Waals surface area contributed by atoms with Crippen molar-refractivity contribution < 1.29 is 14.6 Å². The van der Waals surface area contributed by atoms with E-state index in [1.807, 2.05) is 43.1 Å². The SMILES string of the molecule is COc1ccccc1CN(C)C(C)CC(=O)O. The molecule has 0 aromatic heterocycles. The molecule has 94 valence electrons. The maximum absolute atomic E-state index is 10.6. The molecule has 1 aromatic carbocycles. The predicted molar refractivity (Wildman–Crippen MR) is 66.2 cm³/mol. The van der Waals surface area contributed by atoms with E-state index in [2.05, 4.69) is 0 Å². The third kappa shape index (κ3) is 4.07. The Balaban J connectivity index is 2.66. The Kier molecular flexibility index (Phi) is 4.97. The van der Waals surface area contributed by atoms with Crippen molar-refractivity contribution in [2.45, 2.75) is 25.9 Å². The van der Waals surface area contributed by atoms with Crippen LogP contribution in [0, 0.1) is 0 Å². The molecule has 1 rings (SSSR count). The summed E-state index contributed by atoms with van der Waals surface area (Å²) in [6.07, 6.45) is 0.144. The number of aliphatic carboxylic acids is 1. The first-order valence-electron chi connectivity index (χ1n) is 5.58. The van der Waals surface area contributed by atoms with Gasteiger partial charge in [0.2, 0.25) is 0 Å². The zero-order valence-corrected chi connectivity index (χ0v) is 10.5. The lowest BCUT2D eigenvalue weighted by Crippen LogP contribution is -2.30. The monoisotopic (exact) mass is 237 g/mol. The lowest BCUT2D eigenvalue weighted by atomic mass is 10.1. The molecule has 1 atom stereocenters. The third-order valence-corrected chi connectivity index (χ3v) is 2.83. The van der Waals surface area contributed by atoms with Gasteiger partial charge in [-0.15, -0.1) is 0 Å². The van der Waals surface area contributed by atoms with E-state index in [0.29, 0.717) is 6.54 Å². The predicted octanol–water partition coefficient (Wildman–Crippen LogP) is 1.99. The van der Waals surface area contributed by atoms with Gasteiger partial charge in [-0.2, -0.15) is 0 Å². The number of ether oxygens (including phenoxy) is 1. The molecule has 4 nitrogen and oxygen atoms in total. The van der Waals surface area contributed by atoms with E-state index in [0.717, 1.165) is 11.3 Å². The number of rotatable bonds is 6. The topological polar surface area (TPSA) is 49.8 Å². The summed E-state index contributed by atoms with van der Waals surface area (Å²) in [5.41, 5.74) is 1.06. The summed E-state index contributed by atoms with van der Waals surface area (Å²) in [5, 5.41) is 8.75. The number of para-hydroxylation sites is 1. The molecule has 0 saturated carbocycles. The summed E-state index contributed by atoms with van der Waals surface area (Å²) in [5.74, 6) is 0.0613. The average Bonchev–Trinajstić information content (AvgIpc) is 2.28. The molecule has 0 aliphatic rings. The van der Waals surface area contributed by atoms with Crippen molar-refractivity contribution in [3.05, 3.63) is 29.8 Å². The van der Waals surface area contributed by atoms with Gasteiger partial charge in [0.1, 0.15) is 5.75 Å². The van der Waals surface area contributed by atoms with Gasteiger partial charge in [-0.05, 0) is 20.0 Å². The highest BCUT2D eigenvalue weighted by Crippen LogP contribution is 2.19. The molecule has 17 heavy (non-hydrogen) atoms. The van der Waals surface area contributed by atoms with Gasteiger partial charge in [-0.25, -0.2) is 0 Å². The molecule has 4 heteroatoms. The first kappa shape index (κ1) is 13.5. The van der Waals surface area contributed by atoms with Gasteiger partial charge in [0.05, 0.1) is 13.5 Å². The Morgan fingerprint density at radius 1 is 1.47 bits per heavy atom. The highest BCUT2D eigenvalue weighted by atomic mass is 16.5. The molecule has 0 aliphatic carbocycles. The normalized spacial score (nSPS) is 12.5. The second-order valence-corrected chi connectivity index (χ2v) is 4.17. The van der Waals surface area contributed by atoms with Gasteiger partial charge in [-0.1, -0.05) is 18.2 Å². The zero-order chi connectivity index (χ0) is 12.8. The van der Waals surface area contributed by atoms with Gasteiger partial charge in [-0.3, -0.25) is 9.69 Å². The molecular weight excluding hydrogens is 218 g/mol. The average molecular weight is 237 g/mol. The minimum Gasteiger partial charge on any atom is -0.496 e. The van der Waals surface area contributed by atoms with Crippen LogP contribution in [0.4, 0.5) is 0 Å². The first-order chi connectivity index (χ1) is 8.04. The van der Waals surface area contributed by atoms with Crippen LogP contribution in [-0.2, 0) is 11.3 Å². The number of hydrogen-bond acceptors (Lipinski definition) is 3. The summed E-state index contributed by atoms with van der Waals surface area (Å²) >= 11 is 0. The van der Waals surface area contributed by atoms with Crippen molar-refractivity contribution >= 4 is 5.97 Å². The van der Waals surface area contributed by atoms with E-state index in [4.69, 9.17) is 9.84 Å². The summed E-state index contributed by atoms with van der Waals surface area (Å²) in [4.78, 5) is 12.6. The molecule has 0 fully saturated rings. The zero-order valence-electron chi connectivity index (χ0n) is 10.5. The van der Waals surface area contributed by atoms with E-state index in [1.54, 1.807) is 7.11 Å². The van der Waals surface area contributed by atoms with E-state index in [-0.39, 0.29) is 12.5 Å². The Hall–Kier alpha value is -1.55. The lowest BCUT2D eigenvalue weighted by molar-refractivity contribution is -0.138. The van der Waals surface area contributed by atoms with Crippen molar-refractivity contribution in [1.82, 2.24) is 4.90 Å². The maximum Gasteiger partial charge on any atom is 0.304 e. The molecule has 1 aromatic rings. The van der Waals surface area contributed by atoms with Crippen LogP contribution in [0.5, 0.6) is 5.75 Å². The van der Waals surface area contributed by atoms with Crippen molar-refractivity contribution in [2.75, 3.05) is 14.2 Å². The van der Waals surface area contributed by atoms with Crippen LogP contribution in [0.15, 0.2) is 24.3 Å². The Bertz CT molecular complexity index is 379. The molecule has 0 heterocycles. The van der Waals surface area contributed by atoms with Gasteiger partial charge >= 0.3 is 5.97 Å². The van der Waals surface area contributed by atoms with E-state index in [9.17, 15) is 4.79 Å². The van der Waals surface area contributed by atoms with E-state index in [1.165, 1.54) is 0 Å². The van der Waals surface area contributed by atoms with Crippen LogP contribution >= 0.6 is 0 Å².